The van der Waals surface area contributed by atoms with E-state index in [1.807, 2.05) is 11.6 Å². The topological polar surface area (TPSA) is 84.7 Å². The molecule has 2 aliphatic carbocycles. The molecule has 1 amide bonds. The maximum atomic E-state index is 14.8. The van der Waals surface area contributed by atoms with Gasteiger partial charge < -0.3 is 10.5 Å². The molecule has 0 radical (unpaired) electrons. The Bertz CT molecular complexity index is 934. The van der Waals surface area contributed by atoms with Crippen molar-refractivity contribution in [2.75, 3.05) is 20.6 Å². The Labute approximate surface area is 200 Å². The largest absolute Gasteiger partial charge is 0.485 e. The Morgan fingerprint density at radius 3 is 2.53 bits per heavy atom. The predicted octanol–water partition coefficient (Wildman–Crippen LogP) is 5.08. The fraction of sp³-hybridized carbons (Fsp3) is 0.435. The molecule has 0 heterocycles. The van der Waals surface area contributed by atoms with Gasteiger partial charge in [-0.15, -0.1) is 0 Å². The molecule has 0 saturated carbocycles. The van der Waals surface area contributed by atoms with Gasteiger partial charge in [-0.1, -0.05) is 37.3 Å². The number of nitrogens with zero attached hydrogens (tertiary/aromatic N) is 1. The molecule has 2 rings (SSSR count). The van der Waals surface area contributed by atoms with Gasteiger partial charge >= 0.3 is 11.6 Å². The average Bonchev–Trinajstić information content (AvgIpc) is 3.15. The molecule has 0 aromatic heterocycles. The molecule has 0 aromatic rings. The number of hydrogen-bond donors (Lipinski definition) is 2. The number of ether oxygens (including phenoxy) is 1. The van der Waals surface area contributed by atoms with E-state index in [2.05, 4.69) is 5.73 Å². The molecular weight excluding hydrogens is 474 g/mol. The Balaban J connectivity index is 0.00000281. The molecule has 0 bridgehead atoms. The Hall–Kier alpha value is -2.50. The highest BCUT2D eigenvalue weighted by atomic mass is 32.2. The van der Waals surface area contributed by atoms with E-state index in [0.717, 1.165) is 0 Å². The molecule has 34 heavy (non-hydrogen) atoms. The molecule has 0 fully saturated rings. The number of carbonyl (C=O) groups is 1. The van der Waals surface area contributed by atoms with Crippen LogP contribution in [0.15, 0.2) is 70.8 Å². The van der Waals surface area contributed by atoms with E-state index in [1.165, 1.54) is 18.0 Å². The van der Waals surface area contributed by atoms with Crippen molar-refractivity contribution in [1.82, 2.24) is 9.62 Å². The number of halogens is 4. The first kappa shape index (κ1) is 29.5. The number of nitrogens with one attached hydrogen (secondary N) is 1. The van der Waals surface area contributed by atoms with E-state index in [0.29, 0.717) is 35.3 Å². The number of nitrogens with two attached hydrogens (primary N) is 1. The summed E-state index contributed by atoms with van der Waals surface area (Å²) in [6, 6.07) is 0. The summed E-state index contributed by atoms with van der Waals surface area (Å²) >= 11 is 0. The van der Waals surface area contributed by atoms with Crippen LogP contribution in [0.25, 0.3) is 0 Å². The Morgan fingerprint density at radius 2 is 1.91 bits per heavy atom. The van der Waals surface area contributed by atoms with Gasteiger partial charge in [-0.2, -0.15) is 13.2 Å². The molecule has 2 aliphatic rings. The minimum absolute atomic E-state index is 0.190. The molecule has 0 spiro atoms. The van der Waals surface area contributed by atoms with E-state index in [-0.39, 0.29) is 19.1 Å². The summed E-state index contributed by atoms with van der Waals surface area (Å²) in [5, 5.41) is 0. The summed E-state index contributed by atoms with van der Waals surface area (Å²) in [5.41, 5.74) is 1.62. The Morgan fingerprint density at radius 1 is 1.24 bits per heavy atom. The third-order valence-corrected chi connectivity index (χ3v) is 5.73. The molecular formula is C23H31F4N3O3S. The molecule has 0 saturated heterocycles. The minimum Gasteiger partial charge on any atom is -0.446 e. The third-order valence-electron chi connectivity index (χ3n) is 4.90. The lowest BCUT2D eigenvalue weighted by Crippen LogP contribution is -2.31. The zero-order chi connectivity index (χ0) is 25.9. The van der Waals surface area contributed by atoms with Crippen LogP contribution in [0.1, 0.15) is 33.1 Å². The molecule has 3 N–H and O–H groups in total. The number of amides is 1. The van der Waals surface area contributed by atoms with Gasteiger partial charge in [-0.05, 0) is 50.1 Å². The summed E-state index contributed by atoms with van der Waals surface area (Å²) in [6.07, 6.45) is 11.5. The second kappa shape index (κ2) is 14.0. The van der Waals surface area contributed by atoms with Crippen LogP contribution in [0.5, 0.6) is 0 Å². The second-order valence-corrected chi connectivity index (χ2v) is 8.52. The maximum absolute atomic E-state index is 14.8. The second-order valence-electron chi connectivity index (χ2n) is 7.23. The van der Waals surface area contributed by atoms with E-state index in [4.69, 9.17) is 4.74 Å². The van der Waals surface area contributed by atoms with Gasteiger partial charge in [0.05, 0.1) is 0 Å². The zero-order valence-corrected chi connectivity index (χ0v) is 20.4. The molecule has 0 aromatic carbocycles. The number of hydrogen-bond acceptors (Lipinski definition) is 4. The lowest BCUT2D eigenvalue weighted by Gasteiger charge is -2.21. The van der Waals surface area contributed by atoms with Gasteiger partial charge in [0.15, 0.2) is 11.0 Å². The van der Waals surface area contributed by atoms with E-state index in [9.17, 15) is 26.6 Å². The zero-order valence-electron chi connectivity index (χ0n) is 19.6. The maximum Gasteiger partial charge on any atom is 0.485 e. The highest BCUT2D eigenvalue weighted by Crippen LogP contribution is 2.30. The van der Waals surface area contributed by atoms with Crippen molar-refractivity contribution in [2.45, 2.75) is 44.7 Å². The van der Waals surface area contributed by atoms with Gasteiger partial charge in [-0.3, -0.25) is 4.90 Å². The predicted molar refractivity (Wildman–Crippen MR) is 126 cm³/mol. The van der Waals surface area contributed by atoms with Gasteiger partial charge in [-0.25, -0.2) is 18.1 Å². The van der Waals surface area contributed by atoms with Crippen LogP contribution in [0.3, 0.4) is 0 Å². The average molecular weight is 506 g/mol. The highest BCUT2D eigenvalue weighted by molar-refractivity contribution is 7.83. The summed E-state index contributed by atoms with van der Waals surface area (Å²) in [7, 11) is -0.102. The first-order valence-corrected chi connectivity index (χ1v) is 11.8. The van der Waals surface area contributed by atoms with Crippen LogP contribution >= 0.6 is 0 Å². The summed E-state index contributed by atoms with van der Waals surface area (Å²) in [6.45, 7) is 3.43. The van der Waals surface area contributed by atoms with E-state index < -0.39 is 28.4 Å². The molecule has 2 unspecified atom stereocenters. The lowest BCUT2D eigenvalue weighted by atomic mass is 10.0. The normalized spacial score (nSPS) is 17.9. The van der Waals surface area contributed by atoms with Crippen molar-refractivity contribution in [2.24, 2.45) is 5.73 Å². The first-order chi connectivity index (χ1) is 16.0. The molecule has 0 aliphatic heterocycles. The van der Waals surface area contributed by atoms with Gasteiger partial charge in [0.1, 0.15) is 11.9 Å². The van der Waals surface area contributed by atoms with Crippen molar-refractivity contribution >= 4 is 17.1 Å². The fourth-order valence-electron chi connectivity index (χ4n) is 2.81. The van der Waals surface area contributed by atoms with E-state index >= 15 is 0 Å². The molecule has 6 nitrogen and oxygen atoms in total. The SMILES string of the molecule is CCC(C)OC(=O)N(C)C1=CC=C(C2=CC=C(CNS(=O)C(F)(F)F)C=CC2)C(F)=CC1.CN. The van der Waals surface area contributed by atoms with Crippen molar-refractivity contribution in [3.8, 4) is 0 Å². The van der Waals surface area contributed by atoms with Crippen molar-refractivity contribution < 1.29 is 31.3 Å². The number of carbonyl (C=O) groups excluding carboxylic acids is 1. The fourth-order valence-corrected chi connectivity index (χ4v) is 3.27. The highest BCUT2D eigenvalue weighted by Gasteiger charge is 2.36. The number of alkyl halides is 3. The quantitative estimate of drug-likeness (QED) is 0.473. The van der Waals surface area contributed by atoms with Crippen LogP contribution in [-0.4, -0.2) is 47.5 Å². The van der Waals surface area contributed by atoms with Crippen LogP contribution in [-0.2, 0) is 15.7 Å². The monoisotopic (exact) mass is 505 g/mol. The first-order valence-electron chi connectivity index (χ1n) is 10.6. The van der Waals surface area contributed by atoms with Crippen molar-refractivity contribution in [3.05, 3.63) is 70.8 Å². The number of allylic oxidation sites excluding steroid dienone is 9. The Kier molecular flexibility index (Phi) is 12.2. The van der Waals surface area contributed by atoms with E-state index in [1.54, 1.807) is 50.4 Å². The standard InChI is InChI=1S/C22H26F4N2O3S.CH5N/c1-4-15(2)31-21(29)28(3)18-10-12-19(20(23)13-11-18)17-7-5-6-16(8-9-17)14-27-32(30)22(24,25)26;1-2/h5-6,8-10,12-13,15,27H,4,7,11,14H2,1-3H3;2H2,1H3. The number of rotatable bonds is 7. The van der Waals surface area contributed by atoms with Crippen molar-refractivity contribution in [3.63, 3.8) is 0 Å². The van der Waals surface area contributed by atoms with Crippen molar-refractivity contribution in [1.29, 1.82) is 0 Å². The third kappa shape index (κ3) is 9.03. The minimum atomic E-state index is -4.84. The van der Waals surface area contributed by atoms with Crippen LogP contribution in [0, 0.1) is 0 Å². The smallest absolute Gasteiger partial charge is 0.446 e. The van der Waals surface area contributed by atoms with Gasteiger partial charge in [0, 0.05) is 31.3 Å². The molecule has 11 heteroatoms. The van der Waals surface area contributed by atoms with Crippen LogP contribution < -0.4 is 10.5 Å². The summed E-state index contributed by atoms with van der Waals surface area (Å²) < 4.78 is 70.2. The summed E-state index contributed by atoms with van der Waals surface area (Å²) in [5.74, 6) is -0.465. The lowest BCUT2D eigenvalue weighted by molar-refractivity contribution is -0.0393. The van der Waals surface area contributed by atoms with Gasteiger partial charge in [0.2, 0.25) is 0 Å². The van der Waals surface area contributed by atoms with Gasteiger partial charge in [0.25, 0.3) is 0 Å². The summed E-state index contributed by atoms with van der Waals surface area (Å²) in [4.78, 5) is 13.6. The molecule has 190 valence electrons. The molecule has 2 atom stereocenters. The van der Waals surface area contributed by atoms with Crippen LogP contribution in [0.4, 0.5) is 22.4 Å². The van der Waals surface area contributed by atoms with Crippen LogP contribution in [0.2, 0.25) is 0 Å².